The van der Waals surface area contributed by atoms with Crippen molar-refractivity contribution in [2.45, 2.75) is 38.1 Å². The van der Waals surface area contributed by atoms with Crippen LogP contribution in [0.3, 0.4) is 0 Å². The number of hydrogen-bond acceptors (Lipinski definition) is 5. The molecule has 0 bridgehead atoms. The molecular weight excluding hydrogens is 502 g/mol. The zero-order chi connectivity index (χ0) is 17.8. The fourth-order valence-corrected chi connectivity index (χ4v) is 4.03. The number of imidazole rings is 1. The molecule has 0 atom stereocenters. The van der Waals surface area contributed by atoms with E-state index in [2.05, 4.69) is 32.1 Å². The summed E-state index contributed by atoms with van der Waals surface area (Å²) in [6, 6.07) is 12.7. The average molecular weight is 525 g/mol. The van der Waals surface area contributed by atoms with Crippen molar-refractivity contribution in [2.24, 2.45) is 0 Å². The fraction of sp³-hybridized carbons (Fsp3) is 0.316. The molecule has 0 radical (unpaired) electrons. The van der Waals surface area contributed by atoms with Gasteiger partial charge < -0.3 is 0 Å². The van der Waals surface area contributed by atoms with E-state index in [0.717, 1.165) is 27.2 Å². The summed E-state index contributed by atoms with van der Waals surface area (Å²) in [5.74, 6) is 0.890. The molecule has 3 N–H and O–H groups in total. The Balaban J connectivity index is 1.53. The molecule has 0 amide bonds. The van der Waals surface area contributed by atoms with Gasteiger partial charge in [-0.3, -0.25) is 0 Å². The molecule has 1 fully saturated rings. The van der Waals surface area contributed by atoms with Gasteiger partial charge in [-0.1, -0.05) is 0 Å². The van der Waals surface area contributed by atoms with E-state index in [4.69, 9.17) is 0 Å². The summed E-state index contributed by atoms with van der Waals surface area (Å²) in [6.45, 7) is 0. The number of hydrogen-bond donors (Lipinski definition) is 3. The summed E-state index contributed by atoms with van der Waals surface area (Å²) in [7, 11) is 0. The van der Waals surface area contributed by atoms with E-state index < -0.39 is 0 Å². The molecule has 7 heteroatoms. The minimum atomic E-state index is 0.513. The van der Waals surface area contributed by atoms with Crippen LogP contribution in [0.1, 0.15) is 32.1 Å². The maximum atomic E-state index is 4.66. The second-order valence-corrected chi connectivity index (χ2v) is 7.81. The molecule has 136 valence electrons. The van der Waals surface area contributed by atoms with Gasteiger partial charge in [-0.2, -0.15) is 0 Å². The number of aromatic nitrogens is 3. The van der Waals surface area contributed by atoms with Crippen LogP contribution in [0.2, 0.25) is 0 Å². The Labute approximate surface area is 162 Å². The van der Waals surface area contributed by atoms with Crippen LogP contribution >= 0.6 is 0 Å². The second kappa shape index (κ2) is 7.97. The van der Waals surface area contributed by atoms with Crippen LogP contribution in [0.4, 0.5) is 17.2 Å². The summed E-state index contributed by atoms with van der Waals surface area (Å²) < 4.78 is 2.79. The molecule has 1 saturated carbocycles. The molecule has 1 aromatic carbocycles. The predicted octanol–water partition coefficient (Wildman–Crippen LogP) is 3.63. The Morgan fingerprint density at radius 1 is 1.08 bits per heavy atom. The first kappa shape index (κ1) is 17.2. The molecule has 0 saturated heterocycles. The molecule has 0 aliphatic heterocycles. The SMILES string of the molecule is [Os]=[C](Nc1ccccc1)Nc1cc(NC2CCCCC2)nn2ccnc12. The van der Waals surface area contributed by atoms with Crippen molar-refractivity contribution in [3.05, 3.63) is 48.8 Å². The number of fused-ring (bicyclic) bond motifs is 1. The number of nitrogens with one attached hydrogen (secondary N) is 3. The van der Waals surface area contributed by atoms with Crippen molar-refractivity contribution in [1.82, 2.24) is 14.6 Å². The van der Waals surface area contributed by atoms with Gasteiger partial charge >= 0.3 is 163 Å². The third-order valence-electron chi connectivity index (χ3n) is 4.58. The fourth-order valence-electron chi connectivity index (χ4n) is 3.33. The summed E-state index contributed by atoms with van der Waals surface area (Å²) in [5, 5.41) is 15.1. The van der Waals surface area contributed by atoms with E-state index in [1.54, 1.807) is 24.3 Å². The van der Waals surface area contributed by atoms with Gasteiger partial charge in [-0.05, 0) is 0 Å². The predicted molar refractivity (Wildman–Crippen MR) is 102 cm³/mol. The van der Waals surface area contributed by atoms with Gasteiger partial charge in [0, 0.05) is 0 Å². The van der Waals surface area contributed by atoms with Gasteiger partial charge in [0.1, 0.15) is 0 Å². The average Bonchev–Trinajstić information content (AvgIpc) is 3.12. The molecule has 2 aromatic heterocycles. The topological polar surface area (TPSA) is 66.3 Å². The number of nitrogens with zero attached hydrogens (tertiary/aromatic N) is 3. The van der Waals surface area contributed by atoms with Gasteiger partial charge in [0.25, 0.3) is 0 Å². The normalized spacial score (nSPS) is 15.0. The minimum absolute atomic E-state index is 0.513. The Bertz CT molecular complexity index is 885. The summed E-state index contributed by atoms with van der Waals surface area (Å²) in [6.07, 6.45) is 10.0. The van der Waals surface area contributed by atoms with Crippen LogP contribution in [-0.2, 0) is 18.1 Å². The van der Waals surface area contributed by atoms with Crippen molar-refractivity contribution < 1.29 is 18.1 Å². The van der Waals surface area contributed by atoms with Gasteiger partial charge in [-0.25, -0.2) is 0 Å². The van der Waals surface area contributed by atoms with Crippen LogP contribution in [0.5, 0.6) is 0 Å². The molecule has 4 rings (SSSR count). The first-order chi connectivity index (χ1) is 12.8. The number of benzene rings is 1. The monoisotopic (exact) mass is 526 g/mol. The summed E-state index contributed by atoms with van der Waals surface area (Å²) in [4.78, 5) is 4.44. The Hall–Kier alpha value is -2.25. The van der Waals surface area contributed by atoms with Crippen LogP contribution in [0.25, 0.3) is 5.65 Å². The Morgan fingerprint density at radius 2 is 1.88 bits per heavy atom. The van der Waals surface area contributed by atoms with Crippen LogP contribution in [0, 0.1) is 0 Å². The zero-order valence-electron chi connectivity index (χ0n) is 14.4. The molecular formula is C19H22N6Os. The maximum absolute atomic E-state index is 4.66. The molecule has 1 aliphatic rings. The summed E-state index contributed by atoms with van der Waals surface area (Å²) >= 11 is 1.79. The number of rotatable bonds is 6. The number of anilines is 3. The molecule has 1 aliphatic carbocycles. The van der Waals surface area contributed by atoms with Crippen LogP contribution in [-0.4, -0.2) is 25.0 Å². The first-order valence-corrected chi connectivity index (χ1v) is 10.3. The van der Waals surface area contributed by atoms with Crippen molar-refractivity contribution >= 4 is 27.2 Å². The molecule has 0 unspecified atom stereocenters. The van der Waals surface area contributed by atoms with Crippen molar-refractivity contribution in [3.8, 4) is 0 Å². The van der Waals surface area contributed by atoms with Gasteiger partial charge in [0.15, 0.2) is 0 Å². The van der Waals surface area contributed by atoms with E-state index in [1.165, 1.54) is 32.1 Å². The van der Waals surface area contributed by atoms with Crippen molar-refractivity contribution in [1.29, 1.82) is 0 Å². The third-order valence-corrected chi connectivity index (χ3v) is 5.22. The summed E-state index contributed by atoms with van der Waals surface area (Å²) in [5.41, 5.74) is 2.81. The van der Waals surface area contributed by atoms with E-state index in [1.807, 2.05) is 41.0 Å². The first-order valence-electron chi connectivity index (χ1n) is 8.99. The zero-order valence-corrected chi connectivity index (χ0v) is 17.0. The Morgan fingerprint density at radius 3 is 2.69 bits per heavy atom. The Kier molecular flexibility index (Phi) is 5.26. The molecule has 26 heavy (non-hydrogen) atoms. The molecule has 2 heterocycles. The third kappa shape index (κ3) is 4.11. The molecule has 6 nitrogen and oxygen atoms in total. The molecule has 0 spiro atoms. The van der Waals surface area contributed by atoms with E-state index in [0.29, 0.717) is 6.04 Å². The van der Waals surface area contributed by atoms with Crippen LogP contribution < -0.4 is 16.0 Å². The van der Waals surface area contributed by atoms with E-state index in [9.17, 15) is 0 Å². The van der Waals surface area contributed by atoms with Crippen LogP contribution in [0.15, 0.2) is 48.8 Å². The second-order valence-electron chi connectivity index (χ2n) is 6.54. The van der Waals surface area contributed by atoms with E-state index >= 15 is 0 Å². The van der Waals surface area contributed by atoms with Crippen molar-refractivity contribution in [3.63, 3.8) is 0 Å². The standard InChI is InChI=1S/C19H22N6.Os/c1-3-7-15(8-4-1)21-14-22-17-13-18(23-16-9-5-2-6-10-16)24-25-12-11-20-19(17)25;/h1,3-4,7-8,11-13,16,21-22H,2,5-6,9-10H2,(H,23,24);. The quantitative estimate of drug-likeness (QED) is 0.460. The molecule has 3 aromatic rings. The van der Waals surface area contributed by atoms with Gasteiger partial charge in [0.05, 0.1) is 0 Å². The van der Waals surface area contributed by atoms with Crippen molar-refractivity contribution in [2.75, 3.05) is 16.0 Å². The van der Waals surface area contributed by atoms with E-state index in [-0.39, 0.29) is 0 Å². The van der Waals surface area contributed by atoms with Gasteiger partial charge in [-0.15, -0.1) is 0 Å². The number of para-hydroxylation sites is 1. The van der Waals surface area contributed by atoms with Gasteiger partial charge in [0.2, 0.25) is 0 Å².